The molecule has 3 rings (SSSR count). The molecule has 0 radical (unpaired) electrons. The Bertz CT molecular complexity index is 351. The Kier molecular flexibility index (Phi) is 4.06. The summed E-state index contributed by atoms with van der Waals surface area (Å²) in [5, 5.41) is 3.50. The zero-order valence-electron chi connectivity index (χ0n) is 12.2. The van der Waals surface area contributed by atoms with Gasteiger partial charge in [0.25, 0.3) is 0 Å². The third-order valence-electron chi connectivity index (χ3n) is 4.64. The van der Waals surface area contributed by atoms with Crippen LogP contribution in [0.5, 0.6) is 0 Å². The second kappa shape index (κ2) is 5.62. The maximum absolute atomic E-state index is 5.06. The third-order valence-corrected chi connectivity index (χ3v) is 5.78. The Morgan fingerprint density at radius 1 is 1.32 bits per heavy atom. The van der Waals surface area contributed by atoms with Gasteiger partial charge in [0.2, 0.25) is 0 Å². The van der Waals surface area contributed by atoms with Crippen molar-refractivity contribution in [2.24, 2.45) is 10.9 Å². The first kappa shape index (κ1) is 13.7. The van der Waals surface area contributed by atoms with Crippen molar-refractivity contribution < 1.29 is 0 Å². The van der Waals surface area contributed by atoms with Crippen LogP contribution in [0.3, 0.4) is 0 Å². The molecule has 1 saturated heterocycles. The number of piperazine rings is 1. The van der Waals surface area contributed by atoms with Crippen LogP contribution >= 0.6 is 11.8 Å². The summed E-state index contributed by atoms with van der Waals surface area (Å²) >= 11 is 1.93. The molecule has 4 nitrogen and oxygen atoms in total. The summed E-state index contributed by atoms with van der Waals surface area (Å²) in [6, 6.07) is 0. The summed E-state index contributed by atoms with van der Waals surface area (Å²) < 4.78 is 0. The molecular formula is C14H26N4S. The van der Waals surface area contributed by atoms with E-state index in [1.165, 1.54) is 36.6 Å². The molecule has 19 heavy (non-hydrogen) atoms. The summed E-state index contributed by atoms with van der Waals surface area (Å²) in [5.74, 6) is 2.04. The molecule has 2 heterocycles. The summed E-state index contributed by atoms with van der Waals surface area (Å²) in [4.78, 5) is 7.44. The monoisotopic (exact) mass is 282 g/mol. The summed E-state index contributed by atoms with van der Waals surface area (Å²) in [6.45, 7) is 6.87. The summed E-state index contributed by atoms with van der Waals surface area (Å²) in [6.07, 6.45) is 5.32. The van der Waals surface area contributed by atoms with E-state index in [1.54, 1.807) is 0 Å². The zero-order valence-corrected chi connectivity index (χ0v) is 13.0. The maximum Gasteiger partial charge on any atom is 0.171 e. The largest absolute Gasteiger partial charge is 0.304 e. The fourth-order valence-electron chi connectivity index (χ4n) is 3.46. The van der Waals surface area contributed by atoms with E-state index in [-0.39, 0.29) is 5.54 Å². The van der Waals surface area contributed by atoms with Crippen molar-refractivity contribution in [3.63, 3.8) is 0 Å². The lowest BCUT2D eigenvalue weighted by molar-refractivity contribution is 0.131. The number of hydrogen-bond donors (Lipinski definition) is 1. The topological polar surface area (TPSA) is 30.9 Å². The van der Waals surface area contributed by atoms with Gasteiger partial charge in [-0.1, -0.05) is 31.5 Å². The molecule has 0 aromatic carbocycles. The number of rotatable bonds is 1. The third kappa shape index (κ3) is 3.26. The molecule has 5 heteroatoms. The molecule has 1 saturated carbocycles. The van der Waals surface area contributed by atoms with Gasteiger partial charge in [0.15, 0.2) is 5.17 Å². The van der Waals surface area contributed by atoms with Crippen molar-refractivity contribution in [3.05, 3.63) is 0 Å². The minimum absolute atomic E-state index is 0.261. The molecule has 1 aliphatic carbocycles. The van der Waals surface area contributed by atoms with Gasteiger partial charge in [-0.05, 0) is 25.8 Å². The van der Waals surface area contributed by atoms with E-state index in [4.69, 9.17) is 4.99 Å². The van der Waals surface area contributed by atoms with Crippen molar-refractivity contribution in [1.29, 1.82) is 0 Å². The van der Waals surface area contributed by atoms with Crippen LogP contribution in [0.1, 0.15) is 32.6 Å². The van der Waals surface area contributed by atoms with Crippen LogP contribution in [-0.4, -0.2) is 59.6 Å². The quantitative estimate of drug-likeness (QED) is 0.794. The molecule has 1 spiro atoms. The minimum atomic E-state index is 0.261. The number of aliphatic imine (C=N–C) groups is 1. The number of nitrogens with one attached hydrogen (secondary N) is 1. The van der Waals surface area contributed by atoms with Gasteiger partial charge in [-0.3, -0.25) is 10.4 Å². The number of likely N-dealkylation sites (N-methyl/N-ethyl adjacent to an activating group) is 1. The summed E-state index contributed by atoms with van der Waals surface area (Å²) in [7, 11) is 2.19. The molecule has 108 valence electrons. The Morgan fingerprint density at radius 2 is 2.11 bits per heavy atom. The Morgan fingerprint density at radius 3 is 2.84 bits per heavy atom. The lowest BCUT2D eigenvalue weighted by Gasteiger charge is -2.34. The lowest BCUT2D eigenvalue weighted by Crippen LogP contribution is -2.51. The molecule has 1 N–H and O–H groups in total. The number of thioether (sulfide) groups is 1. The second-order valence-electron chi connectivity index (χ2n) is 6.53. The van der Waals surface area contributed by atoms with Crippen LogP contribution < -0.4 is 5.43 Å². The number of hydrazine groups is 1. The first-order valence-corrected chi connectivity index (χ1v) is 8.57. The van der Waals surface area contributed by atoms with Crippen molar-refractivity contribution in [2.75, 3.05) is 39.0 Å². The van der Waals surface area contributed by atoms with Crippen molar-refractivity contribution in [3.8, 4) is 0 Å². The van der Waals surface area contributed by atoms with Gasteiger partial charge in [0.1, 0.15) is 0 Å². The SMILES string of the molecule is CC1CCCC2(CSC(NN3CCN(C)CC3)=N2)C1. The highest BCUT2D eigenvalue weighted by atomic mass is 32.2. The number of nitrogens with zero attached hydrogens (tertiary/aromatic N) is 3. The molecular weight excluding hydrogens is 256 g/mol. The molecule has 2 unspecified atom stereocenters. The average molecular weight is 282 g/mol. The van der Waals surface area contributed by atoms with Gasteiger partial charge in [-0.2, -0.15) is 0 Å². The predicted octanol–water partition coefficient (Wildman–Crippen LogP) is 1.79. The van der Waals surface area contributed by atoms with E-state index in [0.717, 1.165) is 32.1 Å². The van der Waals surface area contributed by atoms with Crippen LogP contribution in [0.4, 0.5) is 0 Å². The van der Waals surface area contributed by atoms with E-state index in [9.17, 15) is 0 Å². The molecule has 2 aliphatic heterocycles. The normalized spacial score (nSPS) is 37.6. The highest BCUT2D eigenvalue weighted by Crippen LogP contribution is 2.41. The fourth-order valence-corrected chi connectivity index (χ4v) is 4.64. The Labute approximate surface area is 121 Å². The zero-order chi connectivity index (χ0) is 13.3. The first-order chi connectivity index (χ1) is 9.15. The minimum Gasteiger partial charge on any atom is -0.304 e. The van der Waals surface area contributed by atoms with Gasteiger partial charge in [-0.25, -0.2) is 5.01 Å². The van der Waals surface area contributed by atoms with Crippen LogP contribution in [0.2, 0.25) is 0 Å². The maximum atomic E-state index is 5.06. The van der Waals surface area contributed by atoms with Crippen molar-refractivity contribution >= 4 is 16.9 Å². The smallest absolute Gasteiger partial charge is 0.171 e. The van der Waals surface area contributed by atoms with Gasteiger partial charge in [0.05, 0.1) is 5.54 Å². The van der Waals surface area contributed by atoms with E-state index >= 15 is 0 Å². The molecule has 3 aliphatic rings. The van der Waals surface area contributed by atoms with Gasteiger partial charge in [0, 0.05) is 31.9 Å². The molecule has 0 bridgehead atoms. The van der Waals surface area contributed by atoms with Crippen LogP contribution in [-0.2, 0) is 0 Å². The Balaban J connectivity index is 1.57. The number of hydrogen-bond acceptors (Lipinski definition) is 5. The molecule has 2 fully saturated rings. The molecule has 0 aromatic rings. The Hall–Kier alpha value is -0.260. The van der Waals surface area contributed by atoms with Crippen LogP contribution in [0.25, 0.3) is 0 Å². The standard InChI is InChI=1S/C14H26N4S/c1-12-4-3-5-14(10-12)11-19-13(15-14)16-18-8-6-17(2)7-9-18/h12H,3-11H2,1-2H3,(H,15,16). The molecule has 0 aromatic heterocycles. The van der Waals surface area contributed by atoms with E-state index < -0.39 is 0 Å². The number of amidine groups is 1. The highest BCUT2D eigenvalue weighted by Gasteiger charge is 2.39. The van der Waals surface area contributed by atoms with Crippen LogP contribution in [0.15, 0.2) is 4.99 Å². The van der Waals surface area contributed by atoms with E-state index in [0.29, 0.717) is 0 Å². The van der Waals surface area contributed by atoms with Gasteiger partial charge in [-0.15, -0.1) is 0 Å². The van der Waals surface area contributed by atoms with Gasteiger partial charge >= 0.3 is 0 Å². The molecule has 2 atom stereocenters. The first-order valence-electron chi connectivity index (χ1n) is 7.58. The molecule has 0 amide bonds. The fraction of sp³-hybridized carbons (Fsp3) is 0.929. The lowest BCUT2D eigenvalue weighted by atomic mass is 9.78. The van der Waals surface area contributed by atoms with Gasteiger partial charge < -0.3 is 4.90 Å². The van der Waals surface area contributed by atoms with Crippen molar-refractivity contribution in [1.82, 2.24) is 15.3 Å². The predicted molar refractivity (Wildman–Crippen MR) is 82.5 cm³/mol. The summed E-state index contributed by atoms with van der Waals surface area (Å²) in [5.41, 5.74) is 3.81. The van der Waals surface area contributed by atoms with Crippen molar-refractivity contribution in [2.45, 2.75) is 38.1 Å². The van der Waals surface area contributed by atoms with Crippen LogP contribution in [0, 0.1) is 5.92 Å². The second-order valence-corrected chi connectivity index (χ2v) is 7.50. The van der Waals surface area contributed by atoms with E-state index in [2.05, 4.69) is 29.3 Å². The average Bonchev–Trinajstić information content (AvgIpc) is 2.75. The highest BCUT2D eigenvalue weighted by molar-refractivity contribution is 8.14. The van der Waals surface area contributed by atoms with E-state index in [1.807, 2.05) is 11.8 Å².